The van der Waals surface area contributed by atoms with E-state index in [0.717, 1.165) is 0 Å². The zero-order valence-electron chi connectivity index (χ0n) is 10.4. The Morgan fingerprint density at radius 2 is 2.11 bits per heavy atom. The zero-order valence-corrected chi connectivity index (χ0v) is 10.4. The van der Waals surface area contributed by atoms with Gasteiger partial charge in [-0.1, -0.05) is 0 Å². The molecule has 6 heteroatoms. The van der Waals surface area contributed by atoms with Crippen LogP contribution in [0.25, 0.3) is 5.65 Å². The molecule has 0 radical (unpaired) electrons. The van der Waals surface area contributed by atoms with Crippen molar-refractivity contribution in [1.82, 2.24) is 14.6 Å². The smallest absolute Gasteiger partial charge is 0.344 e. The molecule has 94 valence electrons. The lowest BCUT2D eigenvalue weighted by Crippen LogP contribution is -2.23. The number of esters is 1. The summed E-state index contributed by atoms with van der Waals surface area (Å²) >= 11 is 0. The van der Waals surface area contributed by atoms with Crippen molar-refractivity contribution in [1.29, 1.82) is 0 Å². The normalized spacial score (nSPS) is 11.5. The second kappa shape index (κ2) is 4.21. The van der Waals surface area contributed by atoms with Crippen molar-refractivity contribution < 1.29 is 14.3 Å². The number of carbonyl (C=O) groups is 2. The summed E-state index contributed by atoms with van der Waals surface area (Å²) in [6.07, 6.45) is 4.94. The topological polar surface area (TPSA) is 73.6 Å². The Balaban J connectivity index is 2.41. The minimum Gasteiger partial charge on any atom is -0.456 e. The minimum absolute atomic E-state index is 0.280. The van der Waals surface area contributed by atoms with E-state index in [9.17, 15) is 9.59 Å². The van der Waals surface area contributed by atoms with Gasteiger partial charge in [-0.05, 0) is 20.8 Å². The molecule has 0 amide bonds. The highest BCUT2D eigenvalue weighted by molar-refractivity contribution is 5.95. The molecule has 6 nitrogen and oxygen atoms in total. The van der Waals surface area contributed by atoms with Gasteiger partial charge in [0.05, 0.1) is 11.8 Å². The second-order valence-corrected chi connectivity index (χ2v) is 4.83. The van der Waals surface area contributed by atoms with Gasteiger partial charge in [0.25, 0.3) is 0 Å². The molecule has 2 heterocycles. The van der Waals surface area contributed by atoms with Crippen LogP contribution in [0.3, 0.4) is 0 Å². The van der Waals surface area contributed by atoms with Crippen LogP contribution in [0.1, 0.15) is 41.5 Å². The fraction of sp³-hybridized carbons (Fsp3) is 0.333. The first kappa shape index (κ1) is 12.2. The standard InChI is InChI=1S/C12H13N3O3/c1-12(2,3)18-11(17)9-5-14-15-6-8(7-16)4-13-10(9)15/h4-7H,1-3H3. The van der Waals surface area contributed by atoms with E-state index in [-0.39, 0.29) is 5.56 Å². The summed E-state index contributed by atoms with van der Waals surface area (Å²) < 4.78 is 6.62. The Bertz CT molecular complexity index is 611. The van der Waals surface area contributed by atoms with E-state index in [4.69, 9.17) is 4.74 Å². The molecular weight excluding hydrogens is 234 g/mol. The second-order valence-electron chi connectivity index (χ2n) is 4.83. The van der Waals surface area contributed by atoms with Crippen LogP contribution in [-0.2, 0) is 4.74 Å². The summed E-state index contributed by atoms with van der Waals surface area (Å²) in [5.41, 5.74) is 0.465. The molecule has 0 aliphatic rings. The van der Waals surface area contributed by atoms with Crippen LogP contribution in [-0.4, -0.2) is 32.5 Å². The van der Waals surface area contributed by atoms with Gasteiger partial charge < -0.3 is 4.74 Å². The van der Waals surface area contributed by atoms with Crippen LogP contribution in [0.5, 0.6) is 0 Å². The predicted octanol–water partition coefficient (Wildman–Crippen LogP) is 1.50. The third kappa shape index (κ3) is 2.37. The fourth-order valence-corrected chi connectivity index (χ4v) is 1.43. The maximum Gasteiger partial charge on any atom is 0.344 e. The number of hydrogen-bond donors (Lipinski definition) is 0. The largest absolute Gasteiger partial charge is 0.456 e. The Kier molecular flexibility index (Phi) is 2.86. The van der Waals surface area contributed by atoms with Crippen molar-refractivity contribution >= 4 is 17.9 Å². The number of rotatable bonds is 2. The quantitative estimate of drug-likeness (QED) is 0.594. The van der Waals surface area contributed by atoms with E-state index in [2.05, 4.69) is 10.1 Å². The molecule has 0 fully saturated rings. The van der Waals surface area contributed by atoms with E-state index in [1.807, 2.05) is 0 Å². The molecule has 0 atom stereocenters. The molecule has 0 N–H and O–H groups in total. The highest BCUT2D eigenvalue weighted by atomic mass is 16.6. The monoisotopic (exact) mass is 247 g/mol. The molecule has 0 aliphatic heterocycles. The van der Waals surface area contributed by atoms with Crippen LogP contribution < -0.4 is 0 Å². The fourth-order valence-electron chi connectivity index (χ4n) is 1.43. The molecule has 2 aromatic rings. The van der Waals surface area contributed by atoms with E-state index in [1.54, 1.807) is 20.8 Å². The number of nitrogens with zero attached hydrogens (tertiary/aromatic N) is 3. The van der Waals surface area contributed by atoms with Gasteiger partial charge in [-0.2, -0.15) is 5.10 Å². The Labute approximate surface area is 104 Å². The molecular formula is C12H13N3O3. The third-order valence-electron chi connectivity index (χ3n) is 2.13. The van der Waals surface area contributed by atoms with Crippen molar-refractivity contribution in [3.8, 4) is 0 Å². The number of aldehydes is 1. The number of ether oxygens (including phenoxy) is 1. The molecule has 2 aromatic heterocycles. The lowest BCUT2D eigenvalue weighted by molar-refractivity contribution is 0.00715. The SMILES string of the molecule is CC(C)(C)OC(=O)c1cnn2cc(C=O)cnc12. The van der Waals surface area contributed by atoms with Gasteiger partial charge in [0.2, 0.25) is 0 Å². The summed E-state index contributed by atoms with van der Waals surface area (Å²) in [5, 5.41) is 3.97. The summed E-state index contributed by atoms with van der Waals surface area (Å²) in [7, 11) is 0. The van der Waals surface area contributed by atoms with E-state index >= 15 is 0 Å². The van der Waals surface area contributed by atoms with E-state index < -0.39 is 11.6 Å². The molecule has 0 spiro atoms. The van der Waals surface area contributed by atoms with Crippen molar-refractivity contribution in [2.45, 2.75) is 26.4 Å². The molecule has 0 bridgehead atoms. The van der Waals surface area contributed by atoms with Gasteiger partial charge >= 0.3 is 5.97 Å². The summed E-state index contributed by atoms with van der Waals surface area (Å²) in [6, 6.07) is 0. The van der Waals surface area contributed by atoms with Gasteiger partial charge in [-0.25, -0.2) is 14.3 Å². The van der Waals surface area contributed by atoms with Crippen LogP contribution in [0, 0.1) is 0 Å². The Morgan fingerprint density at radius 1 is 1.39 bits per heavy atom. The highest BCUT2D eigenvalue weighted by Gasteiger charge is 2.21. The van der Waals surface area contributed by atoms with Crippen LogP contribution in [0.15, 0.2) is 18.6 Å². The Hall–Kier alpha value is -2.24. The number of hydrogen-bond acceptors (Lipinski definition) is 5. The molecule has 0 saturated heterocycles. The average Bonchev–Trinajstić information content (AvgIpc) is 2.69. The molecule has 2 rings (SSSR count). The van der Waals surface area contributed by atoms with Crippen molar-refractivity contribution in [2.75, 3.05) is 0 Å². The van der Waals surface area contributed by atoms with Crippen molar-refractivity contribution in [2.24, 2.45) is 0 Å². The molecule has 0 aliphatic carbocycles. The summed E-state index contributed by atoms with van der Waals surface area (Å²) in [5.74, 6) is -0.483. The number of carbonyl (C=O) groups excluding carboxylic acids is 2. The lowest BCUT2D eigenvalue weighted by atomic mass is 10.2. The summed E-state index contributed by atoms with van der Waals surface area (Å²) in [6.45, 7) is 5.36. The van der Waals surface area contributed by atoms with Crippen LogP contribution in [0.4, 0.5) is 0 Å². The molecule has 0 aromatic carbocycles. The minimum atomic E-state index is -0.575. The van der Waals surface area contributed by atoms with Gasteiger partial charge in [0.1, 0.15) is 11.2 Å². The van der Waals surface area contributed by atoms with Crippen molar-refractivity contribution in [3.63, 3.8) is 0 Å². The van der Waals surface area contributed by atoms with Gasteiger partial charge in [-0.15, -0.1) is 0 Å². The van der Waals surface area contributed by atoms with E-state index in [1.165, 1.54) is 23.1 Å². The first-order chi connectivity index (χ1) is 8.40. The zero-order chi connectivity index (χ0) is 13.3. The molecule has 0 saturated carbocycles. The maximum absolute atomic E-state index is 11.9. The Morgan fingerprint density at radius 3 is 2.72 bits per heavy atom. The summed E-state index contributed by atoms with van der Waals surface area (Å²) in [4.78, 5) is 26.5. The predicted molar refractivity (Wildman–Crippen MR) is 63.5 cm³/mol. The highest BCUT2D eigenvalue weighted by Crippen LogP contribution is 2.15. The van der Waals surface area contributed by atoms with Crippen LogP contribution >= 0.6 is 0 Å². The van der Waals surface area contributed by atoms with Gasteiger partial charge in [0, 0.05) is 12.4 Å². The van der Waals surface area contributed by atoms with Gasteiger partial charge in [0.15, 0.2) is 11.9 Å². The molecule has 18 heavy (non-hydrogen) atoms. The molecule has 0 unspecified atom stereocenters. The first-order valence-corrected chi connectivity index (χ1v) is 5.42. The van der Waals surface area contributed by atoms with E-state index in [0.29, 0.717) is 17.5 Å². The lowest BCUT2D eigenvalue weighted by Gasteiger charge is -2.18. The average molecular weight is 247 g/mol. The third-order valence-corrected chi connectivity index (χ3v) is 2.13. The van der Waals surface area contributed by atoms with Crippen molar-refractivity contribution in [3.05, 3.63) is 29.7 Å². The maximum atomic E-state index is 11.9. The number of fused-ring (bicyclic) bond motifs is 1. The van der Waals surface area contributed by atoms with Gasteiger partial charge in [-0.3, -0.25) is 4.79 Å². The van der Waals surface area contributed by atoms with Crippen LogP contribution in [0.2, 0.25) is 0 Å². The first-order valence-electron chi connectivity index (χ1n) is 5.42. The number of aromatic nitrogens is 3.